The van der Waals surface area contributed by atoms with E-state index in [0.717, 1.165) is 19.1 Å². The molecule has 3 aromatic heterocycles. The van der Waals surface area contributed by atoms with Crippen molar-refractivity contribution in [1.29, 1.82) is 5.41 Å². The number of methoxy groups -OCH3 is 1. The van der Waals surface area contributed by atoms with Crippen LogP contribution in [0, 0.1) is 11.3 Å². The maximum atomic E-state index is 13.5. The van der Waals surface area contributed by atoms with E-state index in [1.807, 2.05) is 0 Å². The number of allylic oxidation sites excluding steroid dienone is 1. The molecule has 1 fully saturated rings. The molecule has 0 amide bonds. The predicted octanol–water partition coefficient (Wildman–Crippen LogP) is 4.16. The molecule has 0 spiro atoms. The molecule has 202 valence electrons. The van der Waals surface area contributed by atoms with Crippen LogP contribution in [-0.2, 0) is 10.0 Å². The predicted molar refractivity (Wildman–Crippen MR) is 143 cm³/mol. The topological polar surface area (TPSA) is 169 Å². The minimum absolute atomic E-state index is 0.0381. The number of pyridine rings is 1. The second-order valence-corrected chi connectivity index (χ2v) is 11.6. The molecule has 12 nitrogen and oxygen atoms in total. The van der Waals surface area contributed by atoms with Crippen LogP contribution in [0.1, 0.15) is 51.4 Å². The average molecular weight is 561 g/mol. The molecule has 1 saturated carbocycles. The molecule has 1 aliphatic rings. The lowest BCUT2D eigenvalue weighted by Gasteiger charge is -2.25. The molecule has 0 saturated heterocycles. The Morgan fingerprint density at radius 3 is 2.53 bits per heavy atom. The monoisotopic (exact) mass is 560 g/mol. The zero-order valence-corrected chi connectivity index (χ0v) is 22.9. The molecule has 0 aliphatic heterocycles. The van der Waals surface area contributed by atoms with Crippen molar-refractivity contribution in [2.75, 3.05) is 11.8 Å². The summed E-state index contributed by atoms with van der Waals surface area (Å²) in [6.45, 7) is 4.82. The zero-order chi connectivity index (χ0) is 27.6. The zero-order valence-electron chi connectivity index (χ0n) is 21.3. The fourth-order valence-electron chi connectivity index (χ4n) is 4.12. The highest BCUT2D eigenvalue weighted by Crippen LogP contribution is 2.46. The number of halogens is 1. The summed E-state index contributed by atoms with van der Waals surface area (Å²) in [5.74, 6) is 0.344. The fourth-order valence-corrected chi connectivity index (χ4v) is 5.46. The van der Waals surface area contributed by atoms with Crippen LogP contribution in [0.3, 0.4) is 0 Å². The molecule has 3 N–H and O–H groups in total. The Hall–Kier alpha value is -3.58. The Morgan fingerprint density at radius 2 is 1.95 bits per heavy atom. The van der Waals surface area contributed by atoms with Crippen LogP contribution in [0.15, 0.2) is 42.4 Å². The van der Waals surface area contributed by atoms with Gasteiger partial charge in [0, 0.05) is 35.7 Å². The van der Waals surface area contributed by atoms with Crippen LogP contribution in [0.25, 0.3) is 11.5 Å². The Balaban J connectivity index is 1.79. The normalized spacial score (nSPS) is 16.5. The highest BCUT2D eigenvalue weighted by molar-refractivity contribution is 7.93. The van der Waals surface area contributed by atoms with Gasteiger partial charge in [-0.1, -0.05) is 24.6 Å². The number of rotatable bonds is 11. The lowest BCUT2D eigenvalue weighted by molar-refractivity contribution is 0.398. The number of hydrogen-bond acceptors (Lipinski definition) is 10. The van der Waals surface area contributed by atoms with Gasteiger partial charge in [0.25, 0.3) is 0 Å². The first-order valence-electron chi connectivity index (χ1n) is 11.9. The van der Waals surface area contributed by atoms with E-state index < -0.39 is 27.2 Å². The molecule has 1 aliphatic carbocycles. The van der Waals surface area contributed by atoms with Gasteiger partial charge in [-0.05, 0) is 38.7 Å². The van der Waals surface area contributed by atoms with Crippen molar-refractivity contribution in [2.45, 2.75) is 50.8 Å². The van der Waals surface area contributed by atoms with E-state index in [0.29, 0.717) is 28.0 Å². The number of anilines is 1. The minimum Gasteiger partial charge on any atom is -0.515 e. The lowest BCUT2D eigenvalue weighted by Crippen LogP contribution is -2.32. The maximum Gasteiger partial charge on any atom is 0.239 e. The van der Waals surface area contributed by atoms with E-state index in [-0.39, 0.29) is 23.4 Å². The summed E-state index contributed by atoms with van der Waals surface area (Å²) < 4.78 is 36.5. The molecule has 0 unspecified atom stereocenters. The smallest absolute Gasteiger partial charge is 0.239 e. The summed E-state index contributed by atoms with van der Waals surface area (Å²) in [6.07, 6.45) is 5.37. The Bertz CT molecular complexity index is 1450. The molecule has 4 rings (SSSR count). The van der Waals surface area contributed by atoms with Crippen LogP contribution in [0.5, 0.6) is 5.88 Å². The number of nitrogens with one attached hydrogen (secondary N) is 2. The molecule has 38 heavy (non-hydrogen) atoms. The SMILES string of the molecule is COc1cccc(-c2nnc(NS(=O)(=O)[C@@H](C)[C@H](C)c3ncc(Cl)cn3)n2[C@H](/C(=C/O)C(C)=N)C2CC2)n1. The summed E-state index contributed by atoms with van der Waals surface area (Å²) in [5, 5.41) is 26.2. The highest BCUT2D eigenvalue weighted by atomic mass is 35.5. The van der Waals surface area contributed by atoms with Crippen LogP contribution in [0.4, 0.5) is 5.95 Å². The third-order valence-electron chi connectivity index (χ3n) is 6.57. The quantitative estimate of drug-likeness (QED) is 0.230. The highest BCUT2D eigenvalue weighted by Gasteiger charge is 2.40. The molecule has 14 heteroatoms. The third-order valence-corrected chi connectivity index (χ3v) is 8.62. The number of nitrogens with zero attached hydrogens (tertiary/aromatic N) is 6. The maximum absolute atomic E-state index is 13.5. The van der Waals surface area contributed by atoms with Crippen molar-refractivity contribution in [3.8, 4) is 17.4 Å². The van der Waals surface area contributed by atoms with Crippen molar-refractivity contribution in [3.63, 3.8) is 0 Å². The Morgan fingerprint density at radius 1 is 1.26 bits per heavy atom. The summed E-state index contributed by atoms with van der Waals surface area (Å²) in [4.78, 5) is 12.8. The van der Waals surface area contributed by atoms with Crippen molar-refractivity contribution in [2.24, 2.45) is 5.92 Å². The standard InChI is InChI=1S/C24H29ClN8O4S/c1-13(22-27-10-17(25)11-28-22)15(3)38(35,36)32-24-31-30-23(19-6-5-7-20(29-19)37-4)33(24)21(16-8-9-16)18(12-34)14(2)26/h5-7,10-13,15-16,21,26,34H,8-9H2,1-4H3,(H,31,32)/b18-12+,26-14?/t13-,15-,21-/m0/s1. The third kappa shape index (κ3) is 5.63. The molecule has 0 radical (unpaired) electrons. The van der Waals surface area contributed by atoms with Gasteiger partial charge in [0.15, 0.2) is 5.82 Å². The largest absolute Gasteiger partial charge is 0.515 e. The first-order valence-corrected chi connectivity index (χ1v) is 13.8. The summed E-state index contributed by atoms with van der Waals surface area (Å²) in [5.41, 5.74) is 0.857. The van der Waals surface area contributed by atoms with Gasteiger partial charge in [-0.15, -0.1) is 10.2 Å². The van der Waals surface area contributed by atoms with E-state index in [1.54, 1.807) is 43.5 Å². The van der Waals surface area contributed by atoms with E-state index in [1.165, 1.54) is 19.5 Å². The summed E-state index contributed by atoms with van der Waals surface area (Å²) >= 11 is 5.88. The molecular formula is C24H29ClN8O4S. The second-order valence-electron chi connectivity index (χ2n) is 9.17. The second kappa shape index (κ2) is 11.0. The molecule has 3 heterocycles. The van der Waals surface area contributed by atoms with E-state index in [9.17, 15) is 13.5 Å². The van der Waals surface area contributed by atoms with Crippen LogP contribution >= 0.6 is 11.6 Å². The van der Waals surface area contributed by atoms with Crippen LogP contribution in [-0.4, -0.2) is 61.3 Å². The van der Waals surface area contributed by atoms with Gasteiger partial charge in [-0.2, -0.15) is 0 Å². The molecule has 0 bridgehead atoms. The molecule has 0 aromatic carbocycles. The van der Waals surface area contributed by atoms with Gasteiger partial charge in [0.1, 0.15) is 11.5 Å². The van der Waals surface area contributed by atoms with E-state index >= 15 is 0 Å². The number of sulfonamides is 1. The van der Waals surface area contributed by atoms with Crippen LogP contribution < -0.4 is 9.46 Å². The van der Waals surface area contributed by atoms with Gasteiger partial charge >= 0.3 is 0 Å². The summed E-state index contributed by atoms with van der Waals surface area (Å²) in [6, 6.07) is 4.51. The minimum atomic E-state index is -4.03. The van der Waals surface area contributed by atoms with Crippen molar-refractivity contribution in [3.05, 3.63) is 53.3 Å². The average Bonchev–Trinajstić information content (AvgIpc) is 3.66. The Labute approximate surface area is 225 Å². The summed E-state index contributed by atoms with van der Waals surface area (Å²) in [7, 11) is -2.55. The van der Waals surface area contributed by atoms with E-state index in [2.05, 4.69) is 29.9 Å². The van der Waals surface area contributed by atoms with Gasteiger partial charge < -0.3 is 15.3 Å². The van der Waals surface area contributed by atoms with Crippen molar-refractivity contribution < 1.29 is 18.3 Å². The fraction of sp³-hybridized carbons (Fsp3) is 0.417. The van der Waals surface area contributed by atoms with Gasteiger partial charge in [0.2, 0.25) is 21.9 Å². The van der Waals surface area contributed by atoms with Gasteiger partial charge in [-0.3, -0.25) is 9.29 Å². The van der Waals surface area contributed by atoms with Crippen molar-refractivity contribution in [1.82, 2.24) is 29.7 Å². The van der Waals surface area contributed by atoms with Gasteiger partial charge in [0.05, 0.1) is 29.7 Å². The van der Waals surface area contributed by atoms with E-state index in [4.69, 9.17) is 21.7 Å². The molecular weight excluding hydrogens is 532 g/mol. The number of aliphatic hydroxyl groups excluding tert-OH is 1. The number of ether oxygens (including phenoxy) is 1. The van der Waals surface area contributed by atoms with Gasteiger partial charge in [-0.25, -0.2) is 23.4 Å². The number of hydrogen-bond donors (Lipinski definition) is 3. The number of aromatic nitrogens is 6. The molecule has 3 aromatic rings. The Kier molecular flexibility index (Phi) is 7.97. The van der Waals surface area contributed by atoms with Crippen LogP contribution in [0.2, 0.25) is 5.02 Å². The molecule has 3 atom stereocenters. The lowest BCUT2D eigenvalue weighted by atomic mass is 9.99. The first-order chi connectivity index (χ1) is 18.1. The van der Waals surface area contributed by atoms with Crippen molar-refractivity contribution >= 4 is 33.3 Å². The first kappa shape index (κ1) is 27.5. The number of aliphatic hydroxyl groups is 1.